The van der Waals surface area contributed by atoms with E-state index in [0.717, 1.165) is 10.4 Å². The third kappa shape index (κ3) is 3.16. The molecular formula is C14H16FNOS. The number of hydrogen-bond donors (Lipinski definition) is 2. The van der Waals surface area contributed by atoms with E-state index in [2.05, 4.69) is 18.3 Å². The zero-order chi connectivity index (χ0) is 13.0. The van der Waals surface area contributed by atoms with Crippen LogP contribution >= 0.6 is 11.3 Å². The van der Waals surface area contributed by atoms with E-state index in [1.54, 1.807) is 23.5 Å². The molecule has 1 aromatic heterocycles. The van der Waals surface area contributed by atoms with Crippen molar-refractivity contribution in [2.75, 3.05) is 13.2 Å². The van der Waals surface area contributed by atoms with Crippen LogP contribution in [0.2, 0.25) is 0 Å². The summed E-state index contributed by atoms with van der Waals surface area (Å²) in [6.45, 7) is 2.79. The van der Waals surface area contributed by atoms with Crippen LogP contribution in [0.5, 0.6) is 0 Å². The van der Waals surface area contributed by atoms with Crippen molar-refractivity contribution >= 4 is 11.3 Å². The van der Waals surface area contributed by atoms with Crippen molar-refractivity contribution in [2.24, 2.45) is 0 Å². The van der Waals surface area contributed by atoms with Crippen LogP contribution in [0, 0.1) is 5.82 Å². The molecule has 0 saturated heterocycles. The van der Waals surface area contributed by atoms with Gasteiger partial charge in [0.1, 0.15) is 5.82 Å². The molecule has 96 valence electrons. The van der Waals surface area contributed by atoms with Gasteiger partial charge in [0.25, 0.3) is 0 Å². The highest BCUT2D eigenvalue weighted by Gasteiger charge is 2.08. The van der Waals surface area contributed by atoms with E-state index >= 15 is 0 Å². The second kappa shape index (κ2) is 6.09. The van der Waals surface area contributed by atoms with Crippen LogP contribution in [0.1, 0.15) is 17.8 Å². The molecule has 0 aliphatic heterocycles. The van der Waals surface area contributed by atoms with Gasteiger partial charge in [-0.15, -0.1) is 11.3 Å². The lowest BCUT2D eigenvalue weighted by Gasteiger charge is -2.10. The third-order valence-corrected chi connectivity index (χ3v) is 4.06. The Balaban J connectivity index is 2.12. The van der Waals surface area contributed by atoms with Crippen LogP contribution in [0.4, 0.5) is 4.39 Å². The summed E-state index contributed by atoms with van der Waals surface area (Å²) < 4.78 is 12.8. The maximum atomic E-state index is 12.8. The topological polar surface area (TPSA) is 32.3 Å². The number of aliphatic hydroxyl groups is 1. The molecule has 1 unspecified atom stereocenters. The molecule has 2 rings (SSSR count). The summed E-state index contributed by atoms with van der Waals surface area (Å²) in [4.78, 5) is 2.34. The standard InChI is InChI=1S/C14H16FNOS/c1-10(16-8-9-17)13-6-7-14(18-13)11-2-4-12(15)5-3-11/h2-7,10,16-17H,8-9H2,1H3. The maximum absolute atomic E-state index is 12.8. The van der Waals surface area contributed by atoms with Crippen molar-refractivity contribution in [1.82, 2.24) is 5.32 Å². The Morgan fingerprint density at radius 1 is 1.22 bits per heavy atom. The Labute approximate surface area is 110 Å². The van der Waals surface area contributed by atoms with E-state index in [0.29, 0.717) is 6.54 Å². The minimum absolute atomic E-state index is 0.139. The predicted molar refractivity (Wildman–Crippen MR) is 73.2 cm³/mol. The smallest absolute Gasteiger partial charge is 0.123 e. The van der Waals surface area contributed by atoms with Crippen LogP contribution in [0.3, 0.4) is 0 Å². The highest BCUT2D eigenvalue weighted by atomic mass is 32.1. The minimum atomic E-state index is -0.214. The molecule has 0 spiro atoms. The lowest BCUT2D eigenvalue weighted by molar-refractivity contribution is 0.286. The second-order valence-corrected chi connectivity index (χ2v) is 5.22. The monoisotopic (exact) mass is 265 g/mol. The molecule has 1 heterocycles. The first-order valence-corrected chi connectivity index (χ1v) is 6.72. The fourth-order valence-electron chi connectivity index (χ4n) is 1.74. The van der Waals surface area contributed by atoms with Gasteiger partial charge in [0, 0.05) is 22.3 Å². The van der Waals surface area contributed by atoms with E-state index in [-0.39, 0.29) is 18.5 Å². The van der Waals surface area contributed by atoms with Gasteiger partial charge in [0.15, 0.2) is 0 Å². The molecule has 0 aliphatic carbocycles. The maximum Gasteiger partial charge on any atom is 0.123 e. The minimum Gasteiger partial charge on any atom is -0.395 e. The fraction of sp³-hybridized carbons (Fsp3) is 0.286. The van der Waals surface area contributed by atoms with Crippen LogP contribution in [-0.4, -0.2) is 18.3 Å². The highest BCUT2D eigenvalue weighted by Crippen LogP contribution is 2.31. The zero-order valence-electron chi connectivity index (χ0n) is 10.2. The first kappa shape index (κ1) is 13.2. The van der Waals surface area contributed by atoms with Gasteiger partial charge >= 0.3 is 0 Å². The molecule has 0 radical (unpaired) electrons. The second-order valence-electron chi connectivity index (χ2n) is 4.11. The summed E-state index contributed by atoms with van der Waals surface area (Å²) in [5.74, 6) is -0.214. The van der Waals surface area contributed by atoms with Gasteiger partial charge in [0.05, 0.1) is 6.61 Å². The molecule has 0 bridgehead atoms. The van der Waals surface area contributed by atoms with Gasteiger partial charge in [0.2, 0.25) is 0 Å². The molecule has 2 nitrogen and oxygen atoms in total. The molecule has 18 heavy (non-hydrogen) atoms. The summed E-state index contributed by atoms with van der Waals surface area (Å²) in [5.41, 5.74) is 1.03. The van der Waals surface area contributed by atoms with Crippen molar-refractivity contribution in [2.45, 2.75) is 13.0 Å². The van der Waals surface area contributed by atoms with E-state index in [1.807, 2.05) is 6.07 Å². The van der Waals surface area contributed by atoms with Gasteiger partial charge in [-0.05, 0) is 36.8 Å². The van der Waals surface area contributed by atoms with Crippen molar-refractivity contribution in [1.29, 1.82) is 0 Å². The SMILES string of the molecule is CC(NCCO)c1ccc(-c2ccc(F)cc2)s1. The van der Waals surface area contributed by atoms with Gasteiger partial charge in [-0.25, -0.2) is 4.39 Å². The number of halogens is 1. The molecule has 2 N–H and O–H groups in total. The van der Waals surface area contributed by atoms with Crippen molar-refractivity contribution < 1.29 is 9.50 Å². The average molecular weight is 265 g/mol. The van der Waals surface area contributed by atoms with Crippen molar-refractivity contribution in [3.8, 4) is 10.4 Å². The molecule has 0 fully saturated rings. The number of benzene rings is 1. The number of thiophene rings is 1. The lowest BCUT2D eigenvalue weighted by Crippen LogP contribution is -2.21. The van der Waals surface area contributed by atoms with Gasteiger partial charge < -0.3 is 10.4 Å². The molecule has 0 amide bonds. The number of nitrogens with one attached hydrogen (secondary N) is 1. The van der Waals surface area contributed by atoms with Gasteiger partial charge in [-0.1, -0.05) is 12.1 Å². The van der Waals surface area contributed by atoms with Crippen LogP contribution in [0.25, 0.3) is 10.4 Å². The first-order chi connectivity index (χ1) is 8.70. The van der Waals surface area contributed by atoms with Crippen molar-refractivity contribution in [3.63, 3.8) is 0 Å². The Hall–Kier alpha value is -1.23. The first-order valence-electron chi connectivity index (χ1n) is 5.90. The summed E-state index contributed by atoms with van der Waals surface area (Å²) >= 11 is 1.68. The Morgan fingerprint density at radius 3 is 2.61 bits per heavy atom. The zero-order valence-corrected chi connectivity index (χ0v) is 11.0. The Bertz CT molecular complexity index is 495. The summed E-state index contributed by atoms with van der Waals surface area (Å²) in [7, 11) is 0. The van der Waals surface area contributed by atoms with Gasteiger partial charge in [-0.2, -0.15) is 0 Å². The third-order valence-electron chi connectivity index (χ3n) is 2.74. The van der Waals surface area contributed by atoms with Crippen LogP contribution in [-0.2, 0) is 0 Å². The van der Waals surface area contributed by atoms with E-state index in [1.165, 1.54) is 17.0 Å². The normalized spacial score (nSPS) is 12.6. The largest absolute Gasteiger partial charge is 0.395 e. The number of hydrogen-bond acceptors (Lipinski definition) is 3. The lowest BCUT2D eigenvalue weighted by atomic mass is 10.2. The van der Waals surface area contributed by atoms with Crippen LogP contribution in [0.15, 0.2) is 36.4 Å². The molecular weight excluding hydrogens is 249 g/mol. The molecule has 4 heteroatoms. The van der Waals surface area contributed by atoms with Crippen LogP contribution < -0.4 is 5.32 Å². The Morgan fingerprint density at radius 2 is 1.94 bits per heavy atom. The van der Waals surface area contributed by atoms with Crippen molar-refractivity contribution in [3.05, 3.63) is 47.1 Å². The molecule has 0 saturated carbocycles. The van der Waals surface area contributed by atoms with E-state index in [4.69, 9.17) is 5.11 Å². The fourth-order valence-corrected chi connectivity index (χ4v) is 2.78. The summed E-state index contributed by atoms with van der Waals surface area (Å²) in [6.07, 6.45) is 0. The Kier molecular flexibility index (Phi) is 4.47. The molecule has 0 aliphatic rings. The predicted octanol–water partition coefficient (Wildman–Crippen LogP) is 3.20. The molecule has 2 aromatic rings. The van der Waals surface area contributed by atoms with Gasteiger partial charge in [-0.3, -0.25) is 0 Å². The molecule has 1 aromatic carbocycles. The summed E-state index contributed by atoms with van der Waals surface area (Å²) in [5, 5.41) is 12.0. The number of rotatable bonds is 5. The average Bonchev–Trinajstić information content (AvgIpc) is 2.86. The molecule has 1 atom stereocenters. The van der Waals surface area contributed by atoms with E-state index < -0.39 is 0 Å². The quantitative estimate of drug-likeness (QED) is 0.870. The van der Waals surface area contributed by atoms with E-state index in [9.17, 15) is 4.39 Å². The summed E-state index contributed by atoms with van der Waals surface area (Å²) in [6, 6.07) is 10.9. The number of aliphatic hydroxyl groups excluding tert-OH is 1. The highest BCUT2D eigenvalue weighted by molar-refractivity contribution is 7.15.